The molecule has 14 heavy (non-hydrogen) atoms. The number of hydrogen-bond acceptors (Lipinski definition) is 5. The molecule has 5 nitrogen and oxygen atoms in total. The summed E-state index contributed by atoms with van der Waals surface area (Å²) in [4.78, 5) is 10.5. The van der Waals surface area contributed by atoms with Crippen LogP contribution in [0.1, 0.15) is 13.3 Å². The lowest BCUT2D eigenvalue weighted by molar-refractivity contribution is -0.161. The number of rotatable bonds is 3. The Labute approximate surface area is 82.9 Å². The maximum Gasteiger partial charge on any atom is 0.302 e. The van der Waals surface area contributed by atoms with Crippen LogP contribution in [0.2, 0.25) is 0 Å². The Hall–Kier alpha value is -0.650. The molecule has 0 aromatic heterocycles. The Morgan fingerprint density at radius 2 is 2.36 bits per heavy atom. The van der Waals surface area contributed by atoms with Crippen molar-refractivity contribution in [1.82, 2.24) is 0 Å². The molecule has 1 saturated heterocycles. The summed E-state index contributed by atoms with van der Waals surface area (Å²) < 4.78 is 15.1. The molecular formula is C9H16O5. The third kappa shape index (κ3) is 3.25. The zero-order valence-electron chi connectivity index (χ0n) is 8.43. The van der Waals surface area contributed by atoms with Gasteiger partial charge in [-0.25, -0.2) is 0 Å². The van der Waals surface area contributed by atoms with Crippen molar-refractivity contribution in [2.45, 2.75) is 31.7 Å². The fourth-order valence-electron chi connectivity index (χ4n) is 1.41. The highest BCUT2D eigenvalue weighted by Crippen LogP contribution is 2.17. The maximum absolute atomic E-state index is 10.5. The van der Waals surface area contributed by atoms with Crippen LogP contribution in [0.5, 0.6) is 0 Å². The first-order chi connectivity index (χ1) is 6.63. The van der Waals surface area contributed by atoms with Crippen LogP contribution in [-0.4, -0.2) is 49.7 Å². The molecule has 0 saturated carbocycles. The van der Waals surface area contributed by atoms with E-state index in [1.165, 1.54) is 6.92 Å². The molecule has 0 spiro atoms. The van der Waals surface area contributed by atoms with Crippen LogP contribution in [0.3, 0.4) is 0 Å². The van der Waals surface area contributed by atoms with Crippen molar-refractivity contribution in [1.29, 1.82) is 0 Å². The number of methoxy groups -OCH3 is 1. The van der Waals surface area contributed by atoms with Crippen LogP contribution in [0, 0.1) is 0 Å². The first-order valence-corrected chi connectivity index (χ1v) is 4.59. The second-order valence-electron chi connectivity index (χ2n) is 3.34. The molecule has 0 aliphatic carbocycles. The highest BCUT2D eigenvalue weighted by Gasteiger charge is 2.30. The zero-order valence-corrected chi connectivity index (χ0v) is 8.43. The molecule has 5 heteroatoms. The predicted molar refractivity (Wildman–Crippen MR) is 47.8 cm³/mol. The van der Waals surface area contributed by atoms with E-state index in [2.05, 4.69) is 0 Å². The number of aliphatic hydroxyl groups is 1. The standard InChI is InChI=1S/C9H16O5/c1-6(10)13-4-7-3-9(12-2)8(11)5-14-7/h7-9,11H,3-5H2,1-2H3/t7?,8?,9-/m0/s1. The lowest BCUT2D eigenvalue weighted by atomic mass is 10.0. The number of carbonyl (C=O) groups excluding carboxylic acids is 1. The monoisotopic (exact) mass is 204 g/mol. The van der Waals surface area contributed by atoms with Gasteiger partial charge in [-0.1, -0.05) is 0 Å². The van der Waals surface area contributed by atoms with Crippen molar-refractivity contribution >= 4 is 5.97 Å². The fraction of sp³-hybridized carbons (Fsp3) is 0.889. The van der Waals surface area contributed by atoms with Gasteiger partial charge in [0, 0.05) is 20.5 Å². The zero-order chi connectivity index (χ0) is 10.6. The van der Waals surface area contributed by atoms with Gasteiger partial charge in [0.05, 0.1) is 18.8 Å². The second kappa shape index (κ2) is 5.29. The molecule has 1 N–H and O–H groups in total. The first-order valence-electron chi connectivity index (χ1n) is 4.59. The largest absolute Gasteiger partial charge is 0.463 e. The molecule has 0 aromatic carbocycles. The highest BCUT2D eigenvalue weighted by atomic mass is 16.6. The smallest absolute Gasteiger partial charge is 0.302 e. The third-order valence-electron chi connectivity index (χ3n) is 2.20. The number of aliphatic hydroxyl groups excluding tert-OH is 1. The van der Waals surface area contributed by atoms with Gasteiger partial charge in [0.2, 0.25) is 0 Å². The Morgan fingerprint density at radius 1 is 1.64 bits per heavy atom. The minimum absolute atomic E-state index is 0.174. The summed E-state index contributed by atoms with van der Waals surface area (Å²) in [6.07, 6.45) is -0.449. The minimum atomic E-state index is -0.589. The number of esters is 1. The van der Waals surface area contributed by atoms with Gasteiger partial charge in [-0.3, -0.25) is 4.79 Å². The van der Waals surface area contributed by atoms with E-state index in [0.29, 0.717) is 6.42 Å². The molecule has 1 aliphatic heterocycles. The lowest BCUT2D eigenvalue weighted by Gasteiger charge is -2.32. The molecule has 1 heterocycles. The maximum atomic E-state index is 10.5. The number of hydrogen-bond donors (Lipinski definition) is 1. The molecule has 0 radical (unpaired) electrons. The van der Waals surface area contributed by atoms with E-state index in [4.69, 9.17) is 14.2 Å². The van der Waals surface area contributed by atoms with Crippen LogP contribution in [0.15, 0.2) is 0 Å². The summed E-state index contributed by atoms with van der Waals surface area (Å²) in [5, 5.41) is 9.41. The molecule has 0 bridgehead atoms. The summed E-state index contributed by atoms with van der Waals surface area (Å²) >= 11 is 0. The van der Waals surface area contributed by atoms with Gasteiger partial charge < -0.3 is 19.3 Å². The Bertz CT molecular complexity index is 194. The van der Waals surface area contributed by atoms with Crippen LogP contribution >= 0.6 is 0 Å². The average molecular weight is 204 g/mol. The topological polar surface area (TPSA) is 65.0 Å². The minimum Gasteiger partial charge on any atom is -0.463 e. The van der Waals surface area contributed by atoms with Gasteiger partial charge in [0.1, 0.15) is 12.7 Å². The quantitative estimate of drug-likeness (QED) is 0.640. The van der Waals surface area contributed by atoms with E-state index in [9.17, 15) is 9.90 Å². The molecule has 1 rings (SSSR count). The van der Waals surface area contributed by atoms with E-state index >= 15 is 0 Å². The lowest BCUT2D eigenvalue weighted by Crippen LogP contribution is -2.44. The van der Waals surface area contributed by atoms with Gasteiger partial charge in [0.15, 0.2) is 0 Å². The molecule has 3 atom stereocenters. The van der Waals surface area contributed by atoms with E-state index in [0.717, 1.165) is 0 Å². The molecule has 1 aliphatic rings. The van der Waals surface area contributed by atoms with E-state index < -0.39 is 6.10 Å². The Balaban J connectivity index is 2.31. The summed E-state index contributed by atoms with van der Waals surface area (Å²) in [5.41, 5.74) is 0. The van der Waals surface area contributed by atoms with Gasteiger partial charge >= 0.3 is 5.97 Å². The third-order valence-corrected chi connectivity index (χ3v) is 2.20. The molecule has 2 unspecified atom stereocenters. The van der Waals surface area contributed by atoms with Crippen LogP contribution < -0.4 is 0 Å². The predicted octanol–water partition coefficient (Wildman–Crippen LogP) is -0.286. The molecular weight excluding hydrogens is 188 g/mol. The summed E-state index contributed by atoms with van der Waals surface area (Å²) in [7, 11) is 1.54. The van der Waals surface area contributed by atoms with Gasteiger partial charge in [-0.2, -0.15) is 0 Å². The van der Waals surface area contributed by atoms with Crippen molar-refractivity contribution in [3.63, 3.8) is 0 Å². The van der Waals surface area contributed by atoms with Crippen LogP contribution in [0.4, 0.5) is 0 Å². The van der Waals surface area contributed by atoms with Gasteiger partial charge in [-0.05, 0) is 0 Å². The SMILES string of the molecule is CO[C@H]1CC(COC(C)=O)OCC1O. The highest BCUT2D eigenvalue weighted by molar-refractivity contribution is 5.65. The Morgan fingerprint density at radius 3 is 2.93 bits per heavy atom. The van der Waals surface area contributed by atoms with Crippen molar-refractivity contribution in [2.75, 3.05) is 20.3 Å². The molecule has 1 fully saturated rings. The van der Waals surface area contributed by atoms with E-state index in [1.54, 1.807) is 7.11 Å². The summed E-state index contributed by atoms with van der Waals surface area (Å²) in [6, 6.07) is 0. The van der Waals surface area contributed by atoms with Crippen molar-refractivity contribution in [2.24, 2.45) is 0 Å². The first kappa shape index (κ1) is 11.4. The fourth-order valence-corrected chi connectivity index (χ4v) is 1.41. The van der Waals surface area contributed by atoms with Crippen LogP contribution in [0.25, 0.3) is 0 Å². The van der Waals surface area contributed by atoms with E-state index in [-0.39, 0.29) is 31.4 Å². The molecule has 0 aromatic rings. The van der Waals surface area contributed by atoms with Crippen molar-refractivity contribution in [3.8, 4) is 0 Å². The van der Waals surface area contributed by atoms with Crippen molar-refractivity contribution in [3.05, 3.63) is 0 Å². The van der Waals surface area contributed by atoms with Gasteiger partial charge in [0.25, 0.3) is 0 Å². The average Bonchev–Trinajstić information content (AvgIpc) is 2.16. The Kier molecular flexibility index (Phi) is 4.31. The summed E-state index contributed by atoms with van der Waals surface area (Å²) in [5.74, 6) is -0.325. The normalized spacial score (nSPS) is 32.6. The van der Waals surface area contributed by atoms with Crippen molar-refractivity contribution < 1.29 is 24.1 Å². The number of ether oxygens (including phenoxy) is 3. The molecule has 0 amide bonds. The summed E-state index contributed by atoms with van der Waals surface area (Å²) in [6.45, 7) is 1.80. The van der Waals surface area contributed by atoms with Gasteiger partial charge in [-0.15, -0.1) is 0 Å². The second-order valence-corrected chi connectivity index (χ2v) is 3.34. The number of carbonyl (C=O) groups is 1. The molecule has 82 valence electrons. The van der Waals surface area contributed by atoms with Crippen LogP contribution in [-0.2, 0) is 19.0 Å². The van der Waals surface area contributed by atoms with E-state index in [1.807, 2.05) is 0 Å².